The van der Waals surface area contributed by atoms with Crippen LogP contribution in [-0.4, -0.2) is 32.4 Å². The summed E-state index contributed by atoms with van der Waals surface area (Å²) in [6.45, 7) is 3.71. The molecular formula is C14H15N3O4S. The van der Waals surface area contributed by atoms with E-state index in [1.807, 2.05) is 13.8 Å². The molecule has 22 heavy (non-hydrogen) atoms. The van der Waals surface area contributed by atoms with E-state index in [1.165, 1.54) is 21.9 Å². The second-order valence-corrected chi connectivity index (χ2v) is 6.70. The maximum atomic E-state index is 12.4. The van der Waals surface area contributed by atoms with E-state index < -0.39 is 23.4 Å². The molecule has 2 heterocycles. The minimum absolute atomic E-state index is 0.0165. The molecule has 116 valence electrons. The smallest absolute Gasteiger partial charge is 0.306 e. The highest BCUT2D eigenvalue weighted by atomic mass is 32.1. The van der Waals surface area contributed by atoms with Gasteiger partial charge in [0, 0.05) is 22.8 Å². The fourth-order valence-electron chi connectivity index (χ4n) is 2.53. The van der Waals surface area contributed by atoms with Crippen molar-refractivity contribution in [3.63, 3.8) is 0 Å². The van der Waals surface area contributed by atoms with Gasteiger partial charge in [0.15, 0.2) is 4.96 Å². The standard InChI is InChI=1S/C14H15N3O4S/c1-6-7(2)22-14-15-5-10(12(19)17(6)14)11(18)16-9-3-8(4-9)13(20)21/h5,8-9H,3-4H2,1-2H3,(H,16,18)(H,20,21). The normalized spacial score (nSPS) is 20.6. The second-order valence-electron chi connectivity index (χ2n) is 5.52. The predicted octanol–water partition coefficient (Wildman–Crippen LogP) is 0.966. The zero-order valence-electron chi connectivity index (χ0n) is 12.1. The topological polar surface area (TPSA) is 101 Å². The molecule has 0 bridgehead atoms. The molecule has 1 aliphatic rings. The number of nitrogens with one attached hydrogen (secondary N) is 1. The van der Waals surface area contributed by atoms with E-state index >= 15 is 0 Å². The van der Waals surface area contributed by atoms with Crippen LogP contribution >= 0.6 is 11.3 Å². The molecule has 0 radical (unpaired) electrons. The Labute approximate surface area is 129 Å². The van der Waals surface area contributed by atoms with Gasteiger partial charge in [-0.15, -0.1) is 11.3 Å². The van der Waals surface area contributed by atoms with E-state index in [9.17, 15) is 14.4 Å². The number of amides is 1. The van der Waals surface area contributed by atoms with E-state index in [0.717, 1.165) is 10.6 Å². The number of carbonyl (C=O) groups is 2. The summed E-state index contributed by atoms with van der Waals surface area (Å²) in [5.74, 6) is -1.75. The number of carboxylic acids is 1. The summed E-state index contributed by atoms with van der Waals surface area (Å²) in [7, 11) is 0. The van der Waals surface area contributed by atoms with Crippen LogP contribution in [0, 0.1) is 19.8 Å². The molecule has 0 saturated heterocycles. The summed E-state index contributed by atoms with van der Waals surface area (Å²) in [5, 5.41) is 11.5. The number of carbonyl (C=O) groups excluding carboxylic acids is 1. The van der Waals surface area contributed by atoms with Crippen molar-refractivity contribution in [1.29, 1.82) is 0 Å². The molecule has 3 rings (SSSR count). The summed E-state index contributed by atoms with van der Waals surface area (Å²) in [6.07, 6.45) is 2.08. The first kappa shape index (κ1) is 14.7. The van der Waals surface area contributed by atoms with Crippen LogP contribution < -0.4 is 10.9 Å². The fraction of sp³-hybridized carbons (Fsp3) is 0.429. The number of nitrogens with zero attached hydrogens (tertiary/aromatic N) is 2. The third-order valence-corrected chi connectivity index (χ3v) is 5.16. The molecule has 2 aromatic heterocycles. The maximum Gasteiger partial charge on any atom is 0.306 e. The Morgan fingerprint density at radius 3 is 2.73 bits per heavy atom. The van der Waals surface area contributed by atoms with Gasteiger partial charge in [-0.05, 0) is 26.7 Å². The number of hydrogen-bond donors (Lipinski definition) is 2. The monoisotopic (exact) mass is 321 g/mol. The lowest BCUT2D eigenvalue weighted by Gasteiger charge is -2.32. The van der Waals surface area contributed by atoms with Crippen molar-refractivity contribution >= 4 is 28.2 Å². The first-order valence-electron chi connectivity index (χ1n) is 6.90. The number of thiazole rings is 1. The van der Waals surface area contributed by atoms with Gasteiger partial charge in [-0.1, -0.05) is 0 Å². The van der Waals surface area contributed by atoms with Crippen LogP contribution in [-0.2, 0) is 4.79 Å². The van der Waals surface area contributed by atoms with Crippen molar-refractivity contribution in [3.05, 3.63) is 32.7 Å². The van der Waals surface area contributed by atoms with Crippen molar-refractivity contribution in [3.8, 4) is 0 Å². The van der Waals surface area contributed by atoms with Crippen LogP contribution in [0.4, 0.5) is 0 Å². The molecule has 0 spiro atoms. The molecular weight excluding hydrogens is 306 g/mol. The molecule has 0 atom stereocenters. The minimum Gasteiger partial charge on any atom is -0.481 e. The lowest BCUT2D eigenvalue weighted by Crippen LogP contribution is -2.47. The number of fused-ring (bicyclic) bond motifs is 1. The highest BCUT2D eigenvalue weighted by Gasteiger charge is 2.35. The second kappa shape index (κ2) is 5.20. The van der Waals surface area contributed by atoms with E-state index in [2.05, 4.69) is 10.3 Å². The van der Waals surface area contributed by atoms with Crippen molar-refractivity contribution in [2.45, 2.75) is 32.7 Å². The highest BCUT2D eigenvalue weighted by Crippen LogP contribution is 2.27. The quantitative estimate of drug-likeness (QED) is 0.877. The summed E-state index contributed by atoms with van der Waals surface area (Å²) in [5.41, 5.74) is 0.373. The Morgan fingerprint density at radius 1 is 1.41 bits per heavy atom. The van der Waals surface area contributed by atoms with E-state index in [4.69, 9.17) is 5.11 Å². The van der Waals surface area contributed by atoms with E-state index in [1.54, 1.807) is 0 Å². The summed E-state index contributed by atoms with van der Waals surface area (Å²) in [6, 6.07) is -0.195. The molecule has 8 heteroatoms. The first-order valence-corrected chi connectivity index (χ1v) is 7.71. The average Bonchev–Trinajstić information content (AvgIpc) is 2.69. The molecule has 1 amide bonds. The van der Waals surface area contributed by atoms with Gasteiger partial charge < -0.3 is 10.4 Å². The lowest BCUT2D eigenvalue weighted by atomic mass is 9.80. The van der Waals surface area contributed by atoms with Crippen LogP contribution in [0.1, 0.15) is 33.8 Å². The van der Waals surface area contributed by atoms with Crippen molar-refractivity contribution in [1.82, 2.24) is 14.7 Å². The molecule has 2 N–H and O–H groups in total. The van der Waals surface area contributed by atoms with Crippen LogP contribution in [0.5, 0.6) is 0 Å². The molecule has 7 nitrogen and oxygen atoms in total. The summed E-state index contributed by atoms with van der Waals surface area (Å²) < 4.78 is 1.44. The molecule has 1 fully saturated rings. The van der Waals surface area contributed by atoms with Crippen molar-refractivity contribution in [2.24, 2.45) is 5.92 Å². The number of carboxylic acid groups (broad SMARTS) is 1. The van der Waals surface area contributed by atoms with Gasteiger partial charge in [0.2, 0.25) is 0 Å². The number of rotatable bonds is 3. The third kappa shape index (κ3) is 2.29. The number of aliphatic carboxylic acids is 1. The Balaban J connectivity index is 1.83. The average molecular weight is 321 g/mol. The predicted molar refractivity (Wildman–Crippen MR) is 80.4 cm³/mol. The number of hydrogen-bond acceptors (Lipinski definition) is 5. The van der Waals surface area contributed by atoms with Crippen LogP contribution in [0.2, 0.25) is 0 Å². The Bertz CT molecular complexity index is 832. The fourth-order valence-corrected chi connectivity index (χ4v) is 3.46. The Hall–Kier alpha value is -2.22. The van der Waals surface area contributed by atoms with Gasteiger partial charge >= 0.3 is 5.97 Å². The van der Waals surface area contributed by atoms with Gasteiger partial charge in [0.05, 0.1) is 5.92 Å². The van der Waals surface area contributed by atoms with Crippen LogP contribution in [0.3, 0.4) is 0 Å². The zero-order chi connectivity index (χ0) is 16.0. The molecule has 0 aromatic carbocycles. The largest absolute Gasteiger partial charge is 0.481 e. The van der Waals surface area contributed by atoms with Crippen LogP contribution in [0.25, 0.3) is 4.96 Å². The SMILES string of the molecule is Cc1sc2ncc(C(=O)NC3CC(C(=O)O)C3)c(=O)n2c1C. The molecule has 0 unspecified atom stereocenters. The molecule has 1 aliphatic carbocycles. The molecule has 2 aromatic rings. The Morgan fingerprint density at radius 2 is 2.09 bits per heavy atom. The van der Waals surface area contributed by atoms with E-state index in [0.29, 0.717) is 17.8 Å². The van der Waals surface area contributed by atoms with Crippen LogP contribution in [0.15, 0.2) is 11.0 Å². The number of aryl methyl sites for hydroxylation is 2. The summed E-state index contributed by atoms with van der Waals surface area (Å²) in [4.78, 5) is 41.1. The highest BCUT2D eigenvalue weighted by molar-refractivity contribution is 7.17. The molecule has 1 saturated carbocycles. The van der Waals surface area contributed by atoms with E-state index in [-0.39, 0.29) is 11.6 Å². The van der Waals surface area contributed by atoms with Gasteiger partial charge in [0.25, 0.3) is 11.5 Å². The maximum absolute atomic E-state index is 12.4. The Kier molecular flexibility index (Phi) is 3.48. The third-order valence-electron chi connectivity index (χ3n) is 4.09. The zero-order valence-corrected chi connectivity index (χ0v) is 12.9. The number of aromatic nitrogens is 2. The van der Waals surface area contributed by atoms with Gasteiger partial charge in [0.1, 0.15) is 5.56 Å². The van der Waals surface area contributed by atoms with Gasteiger partial charge in [-0.3, -0.25) is 18.8 Å². The van der Waals surface area contributed by atoms with Crippen molar-refractivity contribution < 1.29 is 14.7 Å². The van der Waals surface area contributed by atoms with Gasteiger partial charge in [-0.2, -0.15) is 0 Å². The van der Waals surface area contributed by atoms with Gasteiger partial charge in [-0.25, -0.2) is 4.98 Å². The van der Waals surface area contributed by atoms with Crippen molar-refractivity contribution in [2.75, 3.05) is 0 Å². The minimum atomic E-state index is -0.849. The lowest BCUT2D eigenvalue weighted by molar-refractivity contribution is -0.145. The summed E-state index contributed by atoms with van der Waals surface area (Å²) >= 11 is 1.40. The molecule has 0 aliphatic heterocycles. The first-order chi connectivity index (χ1) is 10.4.